The summed E-state index contributed by atoms with van der Waals surface area (Å²) in [5.74, 6) is -1.77. The SMILES string of the molecule is C/C(=N\Nc1nc(SCC(=O)Nc2ccc(F)cc2F)n[nH]1)c1ccncc1. The van der Waals surface area contributed by atoms with Crippen molar-refractivity contribution in [3.8, 4) is 0 Å². The predicted molar refractivity (Wildman–Crippen MR) is 102 cm³/mol. The molecule has 28 heavy (non-hydrogen) atoms. The molecule has 0 aliphatic heterocycles. The number of nitrogens with zero attached hydrogens (tertiary/aromatic N) is 4. The number of carbonyl (C=O) groups excluding carboxylic acids is 1. The maximum atomic E-state index is 13.5. The lowest BCUT2D eigenvalue weighted by molar-refractivity contribution is -0.113. The van der Waals surface area contributed by atoms with E-state index in [-0.39, 0.29) is 11.4 Å². The van der Waals surface area contributed by atoms with Gasteiger partial charge in [-0.15, -0.1) is 5.10 Å². The highest BCUT2D eigenvalue weighted by atomic mass is 32.2. The molecule has 0 bridgehead atoms. The van der Waals surface area contributed by atoms with E-state index in [4.69, 9.17) is 0 Å². The number of amides is 1. The molecule has 0 fully saturated rings. The van der Waals surface area contributed by atoms with Crippen LogP contribution in [0.15, 0.2) is 53.0 Å². The van der Waals surface area contributed by atoms with Gasteiger partial charge >= 0.3 is 0 Å². The van der Waals surface area contributed by atoms with Crippen molar-refractivity contribution in [3.63, 3.8) is 0 Å². The highest BCUT2D eigenvalue weighted by Gasteiger charge is 2.11. The van der Waals surface area contributed by atoms with Crippen LogP contribution in [0.2, 0.25) is 0 Å². The number of benzene rings is 1. The van der Waals surface area contributed by atoms with Crippen molar-refractivity contribution in [2.75, 3.05) is 16.5 Å². The number of halogens is 2. The van der Waals surface area contributed by atoms with Gasteiger partial charge < -0.3 is 5.32 Å². The molecule has 1 aromatic carbocycles. The van der Waals surface area contributed by atoms with Crippen LogP contribution in [0.25, 0.3) is 0 Å². The minimum atomic E-state index is -0.842. The molecule has 0 saturated heterocycles. The van der Waals surface area contributed by atoms with E-state index in [0.29, 0.717) is 17.2 Å². The zero-order valence-electron chi connectivity index (χ0n) is 14.6. The van der Waals surface area contributed by atoms with E-state index in [1.807, 2.05) is 19.1 Å². The predicted octanol–water partition coefficient (Wildman–Crippen LogP) is 3.04. The van der Waals surface area contributed by atoms with Crippen LogP contribution < -0.4 is 10.7 Å². The zero-order valence-corrected chi connectivity index (χ0v) is 15.4. The number of thioether (sulfide) groups is 1. The van der Waals surface area contributed by atoms with Gasteiger partial charge in [0, 0.05) is 24.0 Å². The summed E-state index contributed by atoms with van der Waals surface area (Å²) in [5.41, 5.74) is 4.28. The Labute approximate surface area is 162 Å². The Morgan fingerprint density at radius 2 is 2.04 bits per heavy atom. The summed E-state index contributed by atoms with van der Waals surface area (Å²) in [7, 11) is 0. The van der Waals surface area contributed by atoms with E-state index < -0.39 is 17.5 Å². The number of anilines is 2. The van der Waals surface area contributed by atoms with E-state index in [1.54, 1.807) is 12.4 Å². The number of pyridine rings is 1. The standard InChI is InChI=1S/C17H15F2N7OS/c1-10(11-4-6-20-7-5-11)23-24-16-22-17(26-25-16)28-9-15(27)21-14-3-2-12(18)8-13(14)19/h2-8H,9H2,1H3,(H,21,27)(H2,22,24,25,26)/b23-10+. The average molecular weight is 403 g/mol. The first-order valence-corrected chi connectivity index (χ1v) is 9.00. The summed E-state index contributed by atoms with van der Waals surface area (Å²) < 4.78 is 26.4. The minimum Gasteiger partial charge on any atom is -0.323 e. The number of rotatable bonds is 7. The fraction of sp³-hybridized carbons (Fsp3) is 0.118. The molecule has 0 spiro atoms. The number of hydrogen-bond acceptors (Lipinski definition) is 7. The van der Waals surface area contributed by atoms with Crippen LogP contribution in [-0.4, -0.2) is 37.5 Å². The van der Waals surface area contributed by atoms with Gasteiger partial charge in [0.1, 0.15) is 11.6 Å². The van der Waals surface area contributed by atoms with Crippen molar-refractivity contribution in [1.29, 1.82) is 0 Å². The first kappa shape index (κ1) is 19.4. The molecule has 0 radical (unpaired) electrons. The Balaban J connectivity index is 1.51. The number of nitrogens with one attached hydrogen (secondary N) is 3. The van der Waals surface area contributed by atoms with Crippen LogP contribution in [-0.2, 0) is 4.79 Å². The van der Waals surface area contributed by atoms with E-state index in [0.717, 1.165) is 35.2 Å². The van der Waals surface area contributed by atoms with Gasteiger partial charge in [-0.2, -0.15) is 10.1 Å². The fourth-order valence-corrected chi connectivity index (χ4v) is 2.66. The summed E-state index contributed by atoms with van der Waals surface area (Å²) in [4.78, 5) is 20.0. The molecule has 2 aromatic heterocycles. The summed E-state index contributed by atoms with van der Waals surface area (Å²) in [6.45, 7) is 1.83. The topological polar surface area (TPSA) is 108 Å². The van der Waals surface area contributed by atoms with Crippen LogP contribution in [0.3, 0.4) is 0 Å². The lowest BCUT2D eigenvalue weighted by Crippen LogP contribution is -2.15. The highest BCUT2D eigenvalue weighted by molar-refractivity contribution is 7.99. The molecule has 1 amide bonds. The molecule has 0 unspecified atom stereocenters. The number of carbonyl (C=O) groups is 1. The van der Waals surface area contributed by atoms with Crippen LogP contribution in [0.5, 0.6) is 0 Å². The van der Waals surface area contributed by atoms with Gasteiger partial charge in [-0.25, -0.2) is 19.3 Å². The molecule has 144 valence electrons. The molecule has 11 heteroatoms. The number of hydrogen-bond donors (Lipinski definition) is 3. The van der Waals surface area contributed by atoms with Gasteiger partial charge in [0.05, 0.1) is 17.2 Å². The maximum absolute atomic E-state index is 13.5. The Bertz CT molecular complexity index is 994. The van der Waals surface area contributed by atoms with Crippen LogP contribution in [0, 0.1) is 11.6 Å². The molecule has 0 atom stereocenters. The van der Waals surface area contributed by atoms with Gasteiger partial charge in [-0.05, 0) is 31.2 Å². The first-order valence-electron chi connectivity index (χ1n) is 8.02. The Morgan fingerprint density at radius 1 is 1.25 bits per heavy atom. The molecular weight excluding hydrogens is 388 g/mol. The number of aromatic amines is 1. The smallest absolute Gasteiger partial charge is 0.240 e. The quantitative estimate of drug-likeness (QED) is 0.318. The maximum Gasteiger partial charge on any atom is 0.240 e. The monoisotopic (exact) mass is 403 g/mol. The number of H-pyrrole nitrogens is 1. The third-order valence-corrected chi connectivity index (χ3v) is 4.28. The lowest BCUT2D eigenvalue weighted by atomic mass is 10.2. The summed E-state index contributed by atoms with van der Waals surface area (Å²) in [6.07, 6.45) is 3.33. The van der Waals surface area contributed by atoms with Gasteiger partial charge in [-0.1, -0.05) is 11.8 Å². The molecule has 0 aliphatic carbocycles. The lowest BCUT2D eigenvalue weighted by Gasteiger charge is -2.05. The normalized spacial score (nSPS) is 11.3. The fourth-order valence-electron chi connectivity index (χ4n) is 2.06. The Morgan fingerprint density at radius 3 is 2.79 bits per heavy atom. The summed E-state index contributed by atoms with van der Waals surface area (Å²) in [6, 6.07) is 6.57. The third kappa shape index (κ3) is 5.33. The highest BCUT2D eigenvalue weighted by Crippen LogP contribution is 2.17. The first-order chi connectivity index (χ1) is 13.5. The second kappa shape index (κ2) is 9.04. The second-order valence-corrected chi connectivity index (χ2v) is 6.42. The molecule has 3 rings (SSSR count). The van der Waals surface area contributed by atoms with E-state index in [1.165, 1.54) is 0 Å². The molecule has 3 aromatic rings. The van der Waals surface area contributed by atoms with E-state index in [9.17, 15) is 13.6 Å². The summed E-state index contributed by atoms with van der Waals surface area (Å²) in [5, 5.41) is 13.5. The minimum absolute atomic E-state index is 0.0482. The number of aromatic nitrogens is 4. The van der Waals surface area contributed by atoms with Crippen molar-refractivity contribution in [2.45, 2.75) is 12.1 Å². The molecule has 0 saturated carbocycles. The van der Waals surface area contributed by atoms with Gasteiger partial charge in [0.25, 0.3) is 0 Å². The van der Waals surface area contributed by atoms with Gasteiger partial charge in [-0.3, -0.25) is 9.78 Å². The van der Waals surface area contributed by atoms with Crippen LogP contribution in [0.1, 0.15) is 12.5 Å². The molecule has 8 nitrogen and oxygen atoms in total. The number of hydrazone groups is 1. The largest absolute Gasteiger partial charge is 0.323 e. The third-order valence-electron chi connectivity index (χ3n) is 3.43. The Hall–Kier alpha value is -3.34. The molecule has 3 N–H and O–H groups in total. The van der Waals surface area contributed by atoms with Crippen molar-refractivity contribution in [1.82, 2.24) is 20.2 Å². The molecular formula is C17H15F2N7OS. The molecule has 2 heterocycles. The average Bonchev–Trinajstić information content (AvgIpc) is 3.15. The Kier molecular flexibility index (Phi) is 6.27. The van der Waals surface area contributed by atoms with Crippen molar-refractivity contribution < 1.29 is 13.6 Å². The van der Waals surface area contributed by atoms with Gasteiger partial charge in [0.15, 0.2) is 0 Å². The van der Waals surface area contributed by atoms with Crippen molar-refractivity contribution in [3.05, 3.63) is 59.9 Å². The zero-order chi connectivity index (χ0) is 19.9. The van der Waals surface area contributed by atoms with Crippen LogP contribution >= 0.6 is 11.8 Å². The summed E-state index contributed by atoms with van der Waals surface area (Å²) >= 11 is 1.05. The van der Waals surface area contributed by atoms with E-state index in [2.05, 4.69) is 36.0 Å². The van der Waals surface area contributed by atoms with E-state index >= 15 is 0 Å². The van der Waals surface area contributed by atoms with Crippen LogP contribution in [0.4, 0.5) is 20.4 Å². The second-order valence-electron chi connectivity index (χ2n) is 5.47. The van der Waals surface area contributed by atoms with Crippen molar-refractivity contribution >= 4 is 35.0 Å². The van der Waals surface area contributed by atoms with Gasteiger partial charge in [0.2, 0.25) is 17.0 Å². The molecule has 0 aliphatic rings. The van der Waals surface area contributed by atoms with Crippen molar-refractivity contribution in [2.24, 2.45) is 5.10 Å².